The molecule has 1 aliphatic heterocycles. The third-order valence-electron chi connectivity index (χ3n) is 3.37. The molecule has 3 unspecified atom stereocenters. The molecule has 0 aliphatic carbocycles. The molecule has 0 spiro atoms. The summed E-state index contributed by atoms with van der Waals surface area (Å²) in [6, 6.07) is -0.549. The molecule has 1 fully saturated rings. The SMILES string of the molecule is CCSCCC(C)N1C(=O)C(C)NC(=O)C1CC. The summed E-state index contributed by atoms with van der Waals surface area (Å²) < 4.78 is 0. The molecule has 3 atom stereocenters. The van der Waals surface area contributed by atoms with E-state index in [1.807, 2.05) is 25.6 Å². The number of rotatable bonds is 6. The molecule has 1 N–H and O–H groups in total. The Morgan fingerprint density at radius 2 is 2.06 bits per heavy atom. The molecule has 0 aromatic rings. The highest BCUT2D eigenvalue weighted by Crippen LogP contribution is 2.19. The summed E-state index contributed by atoms with van der Waals surface area (Å²) in [6.07, 6.45) is 1.62. The first-order valence-electron chi connectivity index (χ1n) is 6.73. The Labute approximate surface area is 114 Å². The summed E-state index contributed by atoms with van der Waals surface area (Å²) in [4.78, 5) is 25.9. The van der Waals surface area contributed by atoms with Crippen molar-refractivity contribution in [3.63, 3.8) is 0 Å². The first kappa shape index (κ1) is 15.3. The van der Waals surface area contributed by atoms with Crippen molar-refractivity contribution in [1.29, 1.82) is 0 Å². The normalized spacial score (nSPS) is 26.1. The van der Waals surface area contributed by atoms with E-state index in [1.54, 1.807) is 11.8 Å². The zero-order valence-electron chi connectivity index (χ0n) is 11.7. The molecule has 0 aromatic heterocycles. The standard InChI is InChI=1S/C13H24N2O2S/c1-5-11-12(16)14-10(4)13(17)15(11)9(3)7-8-18-6-2/h9-11H,5-8H2,1-4H3,(H,14,16). The number of carbonyl (C=O) groups is 2. The van der Waals surface area contributed by atoms with Crippen molar-refractivity contribution in [1.82, 2.24) is 10.2 Å². The van der Waals surface area contributed by atoms with Crippen LogP contribution in [0.5, 0.6) is 0 Å². The van der Waals surface area contributed by atoms with Crippen LogP contribution >= 0.6 is 11.8 Å². The van der Waals surface area contributed by atoms with Gasteiger partial charge in [-0.1, -0.05) is 13.8 Å². The molecule has 18 heavy (non-hydrogen) atoms. The fourth-order valence-electron chi connectivity index (χ4n) is 2.32. The van der Waals surface area contributed by atoms with Gasteiger partial charge in [0, 0.05) is 6.04 Å². The molecule has 1 saturated heterocycles. The molecule has 0 bridgehead atoms. The van der Waals surface area contributed by atoms with Crippen LogP contribution in [0.15, 0.2) is 0 Å². The van der Waals surface area contributed by atoms with Gasteiger partial charge in [-0.05, 0) is 38.2 Å². The van der Waals surface area contributed by atoms with Crippen molar-refractivity contribution >= 4 is 23.6 Å². The first-order chi connectivity index (χ1) is 8.52. The topological polar surface area (TPSA) is 49.4 Å². The van der Waals surface area contributed by atoms with Gasteiger partial charge >= 0.3 is 0 Å². The fraction of sp³-hybridized carbons (Fsp3) is 0.846. The number of hydrogen-bond donors (Lipinski definition) is 1. The minimum Gasteiger partial charge on any atom is -0.343 e. The van der Waals surface area contributed by atoms with Gasteiger partial charge in [-0.15, -0.1) is 0 Å². The van der Waals surface area contributed by atoms with E-state index < -0.39 is 0 Å². The maximum absolute atomic E-state index is 12.2. The number of hydrogen-bond acceptors (Lipinski definition) is 3. The maximum atomic E-state index is 12.2. The molecule has 1 rings (SSSR count). The van der Waals surface area contributed by atoms with Gasteiger partial charge in [-0.2, -0.15) is 11.8 Å². The molecule has 2 amide bonds. The fourth-order valence-corrected chi connectivity index (χ4v) is 3.12. The Balaban J connectivity index is 2.72. The van der Waals surface area contributed by atoms with Gasteiger partial charge in [-0.3, -0.25) is 9.59 Å². The second-order valence-electron chi connectivity index (χ2n) is 4.73. The number of thioether (sulfide) groups is 1. The van der Waals surface area contributed by atoms with E-state index >= 15 is 0 Å². The Kier molecular flexibility index (Phi) is 5.99. The summed E-state index contributed by atoms with van der Waals surface area (Å²) in [5.41, 5.74) is 0. The van der Waals surface area contributed by atoms with Crippen LogP contribution in [-0.4, -0.2) is 46.3 Å². The molecule has 104 valence electrons. The maximum Gasteiger partial charge on any atom is 0.245 e. The van der Waals surface area contributed by atoms with Crippen LogP contribution in [-0.2, 0) is 9.59 Å². The highest BCUT2D eigenvalue weighted by Gasteiger charge is 2.39. The smallest absolute Gasteiger partial charge is 0.245 e. The van der Waals surface area contributed by atoms with Crippen LogP contribution in [0.25, 0.3) is 0 Å². The number of carbonyl (C=O) groups excluding carboxylic acids is 2. The van der Waals surface area contributed by atoms with Crippen molar-refractivity contribution in [2.75, 3.05) is 11.5 Å². The third kappa shape index (κ3) is 3.40. The highest BCUT2D eigenvalue weighted by molar-refractivity contribution is 7.99. The molecule has 5 heteroatoms. The van der Waals surface area contributed by atoms with Gasteiger partial charge in [0.25, 0.3) is 0 Å². The minimum absolute atomic E-state index is 0.0143. The summed E-state index contributed by atoms with van der Waals surface area (Å²) in [5, 5.41) is 2.75. The summed E-state index contributed by atoms with van der Waals surface area (Å²) in [7, 11) is 0. The largest absolute Gasteiger partial charge is 0.343 e. The van der Waals surface area contributed by atoms with E-state index in [4.69, 9.17) is 0 Å². The molecule has 1 heterocycles. The number of nitrogens with zero attached hydrogens (tertiary/aromatic N) is 1. The molecule has 4 nitrogen and oxygen atoms in total. The van der Waals surface area contributed by atoms with E-state index in [-0.39, 0.29) is 29.9 Å². The Morgan fingerprint density at radius 3 is 2.61 bits per heavy atom. The molecular formula is C13H24N2O2S. The van der Waals surface area contributed by atoms with Crippen LogP contribution < -0.4 is 5.32 Å². The van der Waals surface area contributed by atoms with Gasteiger partial charge in [0.2, 0.25) is 11.8 Å². The quantitative estimate of drug-likeness (QED) is 0.748. The van der Waals surface area contributed by atoms with Crippen LogP contribution in [0, 0.1) is 0 Å². The van der Waals surface area contributed by atoms with Crippen molar-refractivity contribution < 1.29 is 9.59 Å². The summed E-state index contributed by atoms with van der Waals surface area (Å²) in [6.45, 7) is 7.88. The van der Waals surface area contributed by atoms with E-state index in [0.717, 1.165) is 17.9 Å². The van der Waals surface area contributed by atoms with Crippen molar-refractivity contribution in [3.05, 3.63) is 0 Å². The lowest BCUT2D eigenvalue weighted by Crippen LogP contribution is -2.64. The van der Waals surface area contributed by atoms with Crippen LogP contribution in [0.3, 0.4) is 0 Å². The van der Waals surface area contributed by atoms with Crippen LogP contribution in [0.4, 0.5) is 0 Å². The first-order valence-corrected chi connectivity index (χ1v) is 7.88. The van der Waals surface area contributed by atoms with Crippen molar-refractivity contribution in [2.45, 2.75) is 58.7 Å². The third-order valence-corrected chi connectivity index (χ3v) is 4.30. The van der Waals surface area contributed by atoms with Crippen LogP contribution in [0.2, 0.25) is 0 Å². The molecule has 0 radical (unpaired) electrons. The monoisotopic (exact) mass is 272 g/mol. The Bertz CT molecular complexity index is 309. The van der Waals surface area contributed by atoms with Crippen LogP contribution in [0.1, 0.15) is 40.5 Å². The van der Waals surface area contributed by atoms with E-state index in [9.17, 15) is 9.59 Å². The highest BCUT2D eigenvalue weighted by atomic mass is 32.2. The molecular weight excluding hydrogens is 248 g/mol. The molecule has 0 aromatic carbocycles. The minimum atomic E-state index is -0.387. The van der Waals surface area contributed by atoms with E-state index in [1.165, 1.54) is 0 Å². The number of piperazine rings is 1. The van der Waals surface area contributed by atoms with E-state index in [2.05, 4.69) is 12.2 Å². The second kappa shape index (κ2) is 7.02. The molecule has 0 saturated carbocycles. The summed E-state index contributed by atoms with van der Waals surface area (Å²) >= 11 is 1.87. The lowest BCUT2D eigenvalue weighted by atomic mass is 10.0. The van der Waals surface area contributed by atoms with Crippen molar-refractivity contribution in [3.8, 4) is 0 Å². The number of amides is 2. The summed E-state index contributed by atoms with van der Waals surface area (Å²) in [5.74, 6) is 2.16. The Hall–Kier alpha value is -0.710. The van der Waals surface area contributed by atoms with Crippen molar-refractivity contribution in [2.24, 2.45) is 0 Å². The van der Waals surface area contributed by atoms with Gasteiger partial charge in [0.15, 0.2) is 0 Å². The lowest BCUT2D eigenvalue weighted by Gasteiger charge is -2.41. The number of nitrogens with one attached hydrogen (secondary N) is 1. The van der Waals surface area contributed by atoms with E-state index in [0.29, 0.717) is 6.42 Å². The lowest BCUT2D eigenvalue weighted by molar-refractivity contribution is -0.151. The average molecular weight is 272 g/mol. The van der Waals surface area contributed by atoms with Gasteiger partial charge in [-0.25, -0.2) is 0 Å². The second-order valence-corrected chi connectivity index (χ2v) is 6.13. The molecule has 1 aliphatic rings. The van der Waals surface area contributed by atoms with Gasteiger partial charge < -0.3 is 10.2 Å². The zero-order chi connectivity index (χ0) is 13.7. The van der Waals surface area contributed by atoms with Gasteiger partial charge in [0.1, 0.15) is 12.1 Å². The predicted octanol–water partition coefficient (Wildman–Crippen LogP) is 1.64. The zero-order valence-corrected chi connectivity index (χ0v) is 12.5. The predicted molar refractivity (Wildman–Crippen MR) is 75.6 cm³/mol. The van der Waals surface area contributed by atoms with Gasteiger partial charge in [0.05, 0.1) is 0 Å². The average Bonchev–Trinajstić information content (AvgIpc) is 2.33. The Morgan fingerprint density at radius 1 is 1.39 bits per heavy atom.